The number of anilines is 1. The first-order valence-electron chi connectivity index (χ1n) is 6.84. The van der Waals surface area contributed by atoms with Gasteiger partial charge in [0.05, 0.1) is 12.0 Å². The van der Waals surface area contributed by atoms with Crippen LogP contribution in [-0.2, 0) is 10.1 Å². The number of nitrogens with one attached hydrogen (secondary N) is 2. The van der Waals surface area contributed by atoms with E-state index in [1.807, 2.05) is 12.1 Å². The highest BCUT2D eigenvalue weighted by Gasteiger charge is 2.10. The Hall–Kier alpha value is -2.84. The van der Waals surface area contributed by atoms with Crippen LogP contribution >= 0.6 is 0 Å². The lowest BCUT2D eigenvalue weighted by Crippen LogP contribution is -2.23. The summed E-state index contributed by atoms with van der Waals surface area (Å²) in [5.41, 5.74) is 1.07. The quantitative estimate of drug-likeness (QED) is 0.721. The van der Waals surface area contributed by atoms with Crippen LogP contribution in [0, 0.1) is 0 Å². The van der Waals surface area contributed by atoms with Crippen LogP contribution < -0.4 is 15.4 Å². The Morgan fingerprint density at radius 2 is 1.92 bits per heavy atom. The lowest BCUT2D eigenvalue weighted by Gasteiger charge is -2.06. The van der Waals surface area contributed by atoms with Crippen LogP contribution in [0.3, 0.4) is 0 Å². The Labute approximate surface area is 139 Å². The molecular weight excluding hydrogens is 332 g/mol. The normalized spacial score (nSPS) is 11.2. The molecule has 0 spiro atoms. The van der Waals surface area contributed by atoms with Gasteiger partial charge in [0, 0.05) is 11.9 Å². The van der Waals surface area contributed by atoms with Gasteiger partial charge in [0.2, 0.25) is 0 Å². The number of rotatable bonds is 5. The molecule has 2 rings (SSSR count). The number of urea groups is 1. The van der Waals surface area contributed by atoms with Gasteiger partial charge in [-0.2, -0.15) is 8.42 Å². The molecule has 0 saturated heterocycles. The number of ether oxygens (including phenoxy) is 1. The highest BCUT2D eigenvalue weighted by molar-refractivity contribution is 7.85. The second-order valence-electron chi connectivity index (χ2n) is 4.71. The second kappa shape index (κ2) is 7.62. The van der Waals surface area contributed by atoms with Crippen molar-refractivity contribution in [3.8, 4) is 5.75 Å². The SMILES string of the molecule is COc1cccc(/C=C/NC(=O)Nc2cccc(S(=O)(=O)O)c2)c1. The summed E-state index contributed by atoms with van der Waals surface area (Å²) in [6.07, 6.45) is 3.12. The molecule has 24 heavy (non-hydrogen) atoms. The molecule has 2 aromatic rings. The van der Waals surface area contributed by atoms with Crippen LogP contribution in [0.4, 0.5) is 10.5 Å². The summed E-state index contributed by atoms with van der Waals surface area (Å²) >= 11 is 0. The Bertz CT molecular complexity index is 862. The third kappa shape index (κ3) is 5.11. The van der Waals surface area contributed by atoms with Gasteiger partial charge in [-0.3, -0.25) is 4.55 Å². The lowest BCUT2D eigenvalue weighted by atomic mass is 10.2. The molecule has 0 unspecified atom stereocenters. The van der Waals surface area contributed by atoms with Crippen molar-refractivity contribution >= 4 is 27.9 Å². The zero-order valence-electron chi connectivity index (χ0n) is 12.8. The van der Waals surface area contributed by atoms with Gasteiger partial charge in [0.25, 0.3) is 10.1 Å². The van der Waals surface area contributed by atoms with Gasteiger partial charge in [-0.25, -0.2) is 4.79 Å². The molecule has 0 aliphatic rings. The first kappa shape index (κ1) is 17.5. The molecule has 8 heteroatoms. The Morgan fingerprint density at radius 1 is 1.17 bits per heavy atom. The second-order valence-corrected chi connectivity index (χ2v) is 6.13. The molecule has 0 heterocycles. The minimum Gasteiger partial charge on any atom is -0.497 e. The van der Waals surface area contributed by atoms with E-state index in [1.54, 1.807) is 25.3 Å². The van der Waals surface area contributed by atoms with Gasteiger partial charge in [0.1, 0.15) is 5.75 Å². The molecular formula is C16H16N2O5S. The van der Waals surface area contributed by atoms with Crippen molar-refractivity contribution in [1.29, 1.82) is 0 Å². The van der Waals surface area contributed by atoms with E-state index >= 15 is 0 Å². The largest absolute Gasteiger partial charge is 0.497 e. The fourth-order valence-electron chi connectivity index (χ4n) is 1.86. The number of hydrogen-bond donors (Lipinski definition) is 3. The van der Waals surface area contributed by atoms with E-state index in [2.05, 4.69) is 10.6 Å². The van der Waals surface area contributed by atoms with Crippen LogP contribution in [0.5, 0.6) is 5.75 Å². The summed E-state index contributed by atoms with van der Waals surface area (Å²) in [5.74, 6) is 0.698. The van der Waals surface area contributed by atoms with Gasteiger partial charge in [-0.15, -0.1) is 0 Å². The molecule has 0 aliphatic carbocycles. The van der Waals surface area contributed by atoms with E-state index in [0.29, 0.717) is 5.75 Å². The van der Waals surface area contributed by atoms with Crippen LogP contribution in [0.1, 0.15) is 5.56 Å². The molecule has 0 saturated carbocycles. The molecule has 126 valence electrons. The van der Waals surface area contributed by atoms with Crippen LogP contribution in [0.2, 0.25) is 0 Å². The Morgan fingerprint density at radius 3 is 2.62 bits per heavy atom. The van der Waals surface area contributed by atoms with Crippen molar-refractivity contribution in [1.82, 2.24) is 5.32 Å². The number of hydrogen-bond acceptors (Lipinski definition) is 4. The smallest absolute Gasteiger partial charge is 0.323 e. The molecule has 3 N–H and O–H groups in total. The fraction of sp³-hybridized carbons (Fsp3) is 0.0625. The molecule has 0 aromatic heterocycles. The predicted octanol–water partition coefficient (Wildman–Crippen LogP) is 2.73. The molecule has 0 radical (unpaired) electrons. The average Bonchev–Trinajstić information content (AvgIpc) is 2.54. The van der Waals surface area contributed by atoms with Gasteiger partial charge in [0.15, 0.2) is 0 Å². The van der Waals surface area contributed by atoms with E-state index in [4.69, 9.17) is 9.29 Å². The maximum absolute atomic E-state index is 11.8. The van der Waals surface area contributed by atoms with E-state index in [1.165, 1.54) is 24.4 Å². The Balaban J connectivity index is 1.97. The first-order valence-corrected chi connectivity index (χ1v) is 8.28. The first-order chi connectivity index (χ1) is 11.4. The number of carbonyl (C=O) groups is 1. The summed E-state index contributed by atoms with van der Waals surface area (Å²) in [7, 11) is -2.75. The standard InChI is InChI=1S/C16H16N2O5S/c1-23-14-6-2-4-12(10-14)8-9-17-16(19)18-13-5-3-7-15(11-13)24(20,21)22/h2-11H,1H3,(H2,17,18,19)(H,20,21,22)/b9-8+. The van der Waals surface area contributed by atoms with Crippen molar-refractivity contribution in [2.45, 2.75) is 4.90 Å². The zero-order chi connectivity index (χ0) is 17.6. The maximum Gasteiger partial charge on any atom is 0.323 e. The summed E-state index contributed by atoms with van der Waals surface area (Å²) in [6.45, 7) is 0. The number of benzene rings is 2. The van der Waals surface area contributed by atoms with Crippen LogP contribution in [0.15, 0.2) is 59.6 Å². The molecule has 0 atom stereocenters. The van der Waals surface area contributed by atoms with Crippen LogP contribution in [-0.4, -0.2) is 26.1 Å². The third-order valence-corrected chi connectivity index (χ3v) is 3.82. The van der Waals surface area contributed by atoms with Crippen molar-refractivity contribution in [2.24, 2.45) is 0 Å². The predicted molar refractivity (Wildman–Crippen MR) is 90.4 cm³/mol. The van der Waals surface area contributed by atoms with Crippen molar-refractivity contribution < 1.29 is 22.5 Å². The van der Waals surface area contributed by atoms with E-state index in [-0.39, 0.29) is 10.6 Å². The van der Waals surface area contributed by atoms with E-state index in [9.17, 15) is 13.2 Å². The summed E-state index contributed by atoms with van der Waals surface area (Å²) in [5, 5.41) is 4.95. The van der Waals surface area contributed by atoms with Crippen molar-refractivity contribution in [3.63, 3.8) is 0 Å². The third-order valence-electron chi connectivity index (χ3n) is 2.97. The highest BCUT2D eigenvalue weighted by atomic mass is 32.2. The van der Waals surface area contributed by atoms with Crippen LogP contribution in [0.25, 0.3) is 6.08 Å². The number of methoxy groups -OCH3 is 1. The number of amides is 2. The molecule has 0 bridgehead atoms. The number of carbonyl (C=O) groups excluding carboxylic acids is 1. The molecule has 0 fully saturated rings. The van der Waals surface area contributed by atoms with Gasteiger partial charge >= 0.3 is 6.03 Å². The zero-order valence-corrected chi connectivity index (χ0v) is 13.6. The van der Waals surface area contributed by atoms with Gasteiger partial charge in [-0.05, 0) is 42.0 Å². The maximum atomic E-state index is 11.8. The van der Waals surface area contributed by atoms with E-state index in [0.717, 1.165) is 11.6 Å². The molecule has 0 aliphatic heterocycles. The Kier molecular flexibility index (Phi) is 5.56. The average molecular weight is 348 g/mol. The minimum atomic E-state index is -4.32. The molecule has 2 aromatic carbocycles. The lowest BCUT2D eigenvalue weighted by molar-refractivity contribution is 0.255. The minimum absolute atomic E-state index is 0.234. The summed E-state index contributed by atoms with van der Waals surface area (Å²) in [6, 6.07) is 12.0. The van der Waals surface area contributed by atoms with Gasteiger partial charge in [-0.1, -0.05) is 18.2 Å². The highest BCUT2D eigenvalue weighted by Crippen LogP contribution is 2.15. The molecule has 2 amide bonds. The molecule has 7 nitrogen and oxygen atoms in total. The summed E-state index contributed by atoms with van der Waals surface area (Å²) in [4.78, 5) is 11.5. The fourth-order valence-corrected chi connectivity index (χ4v) is 2.39. The monoisotopic (exact) mass is 348 g/mol. The van der Waals surface area contributed by atoms with Crippen molar-refractivity contribution in [2.75, 3.05) is 12.4 Å². The van der Waals surface area contributed by atoms with Gasteiger partial charge < -0.3 is 15.4 Å². The summed E-state index contributed by atoms with van der Waals surface area (Å²) < 4.78 is 36.2. The van der Waals surface area contributed by atoms with Crippen molar-refractivity contribution in [3.05, 3.63) is 60.3 Å². The van der Waals surface area contributed by atoms with E-state index < -0.39 is 16.1 Å². The topological polar surface area (TPSA) is 105 Å².